The van der Waals surface area contributed by atoms with E-state index >= 15 is 0 Å². The summed E-state index contributed by atoms with van der Waals surface area (Å²) in [5, 5.41) is 0. The summed E-state index contributed by atoms with van der Waals surface area (Å²) in [6.07, 6.45) is 2.98. The first-order chi connectivity index (χ1) is 11.0. The molecule has 0 fully saturated rings. The molecule has 0 amide bonds. The zero-order valence-electron chi connectivity index (χ0n) is 13.5. The SMILES string of the molecule is COC(=O)CC(CSC[C@@H](N)C(=O)OC)C(=O)c1cccnc1.Cl. The highest BCUT2D eigenvalue weighted by molar-refractivity contribution is 7.99. The lowest BCUT2D eigenvalue weighted by Crippen LogP contribution is -2.34. The fourth-order valence-corrected chi connectivity index (χ4v) is 2.89. The van der Waals surface area contributed by atoms with Gasteiger partial charge in [0.05, 0.1) is 20.6 Å². The maximum absolute atomic E-state index is 12.5. The maximum atomic E-state index is 12.5. The first kappa shape index (κ1) is 22.4. The summed E-state index contributed by atoms with van der Waals surface area (Å²) >= 11 is 1.31. The summed E-state index contributed by atoms with van der Waals surface area (Å²) in [5.74, 6) is -1.10. The van der Waals surface area contributed by atoms with Crippen LogP contribution in [-0.2, 0) is 19.1 Å². The lowest BCUT2D eigenvalue weighted by Gasteiger charge is -2.15. The van der Waals surface area contributed by atoms with Crippen LogP contribution < -0.4 is 5.73 Å². The summed E-state index contributed by atoms with van der Waals surface area (Å²) in [7, 11) is 2.53. The number of hydrogen-bond acceptors (Lipinski definition) is 8. The second-order valence-electron chi connectivity index (χ2n) is 4.75. The zero-order chi connectivity index (χ0) is 17.2. The minimum absolute atomic E-state index is 0. The van der Waals surface area contributed by atoms with Crippen molar-refractivity contribution in [3.05, 3.63) is 30.1 Å². The van der Waals surface area contributed by atoms with Crippen molar-refractivity contribution in [3.63, 3.8) is 0 Å². The molecule has 0 radical (unpaired) electrons. The number of nitrogens with zero attached hydrogens (tertiary/aromatic N) is 1. The molecule has 0 aliphatic heterocycles. The quantitative estimate of drug-likeness (QED) is 0.504. The molecule has 1 heterocycles. The topological polar surface area (TPSA) is 109 Å². The van der Waals surface area contributed by atoms with Gasteiger partial charge in [-0.05, 0) is 12.1 Å². The van der Waals surface area contributed by atoms with E-state index in [1.54, 1.807) is 18.3 Å². The molecule has 1 aromatic rings. The van der Waals surface area contributed by atoms with Gasteiger partial charge in [0.25, 0.3) is 0 Å². The van der Waals surface area contributed by atoms with E-state index < -0.39 is 23.9 Å². The third-order valence-corrected chi connectivity index (χ3v) is 4.31. The number of thioether (sulfide) groups is 1. The monoisotopic (exact) mass is 376 g/mol. The van der Waals surface area contributed by atoms with Crippen molar-refractivity contribution in [2.45, 2.75) is 12.5 Å². The minimum Gasteiger partial charge on any atom is -0.469 e. The van der Waals surface area contributed by atoms with Crippen LogP contribution in [0.1, 0.15) is 16.8 Å². The van der Waals surface area contributed by atoms with E-state index in [1.807, 2.05) is 0 Å². The van der Waals surface area contributed by atoms with Crippen LogP contribution >= 0.6 is 24.2 Å². The summed E-state index contributed by atoms with van der Waals surface area (Å²) < 4.78 is 9.18. The fourth-order valence-electron chi connectivity index (χ4n) is 1.81. The highest BCUT2D eigenvalue weighted by Crippen LogP contribution is 2.19. The predicted octanol–water partition coefficient (Wildman–Crippen LogP) is 1.10. The lowest BCUT2D eigenvalue weighted by molar-refractivity contribution is -0.142. The molecule has 0 saturated heterocycles. The Hall–Kier alpha value is -1.64. The number of carbonyl (C=O) groups is 3. The van der Waals surface area contributed by atoms with Crippen LogP contribution in [0, 0.1) is 5.92 Å². The predicted molar refractivity (Wildman–Crippen MR) is 93.3 cm³/mol. The van der Waals surface area contributed by atoms with Gasteiger partial charge in [0.15, 0.2) is 5.78 Å². The number of halogens is 1. The Morgan fingerprint density at radius 2 is 1.96 bits per heavy atom. The second-order valence-corrected chi connectivity index (χ2v) is 5.83. The average molecular weight is 377 g/mol. The Morgan fingerprint density at radius 1 is 1.25 bits per heavy atom. The molecule has 134 valence electrons. The van der Waals surface area contributed by atoms with Crippen LogP contribution in [0.3, 0.4) is 0 Å². The second kappa shape index (κ2) is 11.8. The molecule has 0 spiro atoms. The number of ether oxygens (including phenoxy) is 2. The largest absolute Gasteiger partial charge is 0.469 e. The van der Waals surface area contributed by atoms with E-state index in [0.29, 0.717) is 17.1 Å². The van der Waals surface area contributed by atoms with Crippen LogP contribution in [-0.4, -0.2) is 54.5 Å². The van der Waals surface area contributed by atoms with E-state index in [2.05, 4.69) is 14.5 Å². The molecule has 2 atom stereocenters. The molecule has 2 N–H and O–H groups in total. The average Bonchev–Trinajstić information content (AvgIpc) is 2.59. The normalized spacial score (nSPS) is 12.5. The van der Waals surface area contributed by atoms with Gasteiger partial charge in [0.1, 0.15) is 6.04 Å². The number of aromatic nitrogens is 1. The molecule has 1 unspecified atom stereocenters. The number of pyridine rings is 1. The van der Waals surface area contributed by atoms with Crippen molar-refractivity contribution < 1.29 is 23.9 Å². The van der Waals surface area contributed by atoms with Crippen LogP contribution in [0.25, 0.3) is 0 Å². The van der Waals surface area contributed by atoms with Gasteiger partial charge < -0.3 is 15.2 Å². The van der Waals surface area contributed by atoms with Gasteiger partial charge in [0, 0.05) is 35.4 Å². The van der Waals surface area contributed by atoms with E-state index in [-0.39, 0.29) is 24.6 Å². The fraction of sp³-hybridized carbons (Fsp3) is 0.467. The Labute approximate surface area is 151 Å². The third kappa shape index (κ3) is 7.29. The molecule has 1 rings (SSSR count). The van der Waals surface area contributed by atoms with Crippen molar-refractivity contribution >= 4 is 41.9 Å². The smallest absolute Gasteiger partial charge is 0.323 e. The first-order valence-electron chi connectivity index (χ1n) is 6.91. The van der Waals surface area contributed by atoms with Crippen LogP contribution in [0.15, 0.2) is 24.5 Å². The molecule has 9 heteroatoms. The number of methoxy groups -OCH3 is 2. The number of ketones is 1. The summed E-state index contributed by atoms with van der Waals surface area (Å²) in [5.41, 5.74) is 6.08. The van der Waals surface area contributed by atoms with Crippen LogP contribution in [0.5, 0.6) is 0 Å². The van der Waals surface area contributed by atoms with Crippen LogP contribution in [0.4, 0.5) is 0 Å². The summed E-state index contributed by atoms with van der Waals surface area (Å²) in [4.78, 5) is 39.2. The molecule has 0 saturated carbocycles. The summed E-state index contributed by atoms with van der Waals surface area (Å²) in [6, 6.07) is 2.53. The lowest BCUT2D eigenvalue weighted by atomic mass is 9.97. The number of rotatable bonds is 9. The molecule has 0 bridgehead atoms. The highest BCUT2D eigenvalue weighted by atomic mass is 35.5. The van der Waals surface area contributed by atoms with Gasteiger partial charge in [-0.1, -0.05) is 0 Å². The molecule has 24 heavy (non-hydrogen) atoms. The minimum atomic E-state index is -0.766. The third-order valence-electron chi connectivity index (χ3n) is 3.08. The molecule has 7 nitrogen and oxygen atoms in total. The van der Waals surface area contributed by atoms with E-state index in [9.17, 15) is 14.4 Å². The molecule has 1 aromatic heterocycles. The van der Waals surface area contributed by atoms with Gasteiger partial charge in [-0.25, -0.2) is 0 Å². The Bertz CT molecular complexity index is 544. The number of nitrogens with two attached hydrogens (primary N) is 1. The molecular weight excluding hydrogens is 356 g/mol. The Balaban J connectivity index is 0.00000529. The standard InChI is InChI=1S/C15H20N2O5S.ClH/c1-21-13(18)6-11(8-23-9-12(16)15(20)22-2)14(19)10-4-3-5-17-7-10;/h3-5,7,11-12H,6,8-9,16H2,1-2H3;1H/t11?,12-;/m1./s1. The Kier molecular flexibility index (Phi) is 11.0. The van der Waals surface area contributed by atoms with E-state index in [1.165, 1.54) is 32.2 Å². The van der Waals surface area contributed by atoms with Crippen molar-refractivity contribution in [2.24, 2.45) is 11.7 Å². The Morgan fingerprint density at radius 3 is 2.50 bits per heavy atom. The molecule has 0 aliphatic rings. The van der Waals surface area contributed by atoms with Crippen molar-refractivity contribution in [1.29, 1.82) is 0 Å². The van der Waals surface area contributed by atoms with Gasteiger partial charge in [-0.2, -0.15) is 11.8 Å². The number of carbonyl (C=O) groups excluding carboxylic acids is 3. The zero-order valence-corrected chi connectivity index (χ0v) is 15.1. The first-order valence-corrected chi connectivity index (χ1v) is 8.07. The molecule has 0 aliphatic carbocycles. The van der Waals surface area contributed by atoms with Gasteiger partial charge in [0.2, 0.25) is 0 Å². The van der Waals surface area contributed by atoms with Gasteiger partial charge >= 0.3 is 11.9 Å². The molecular formula is C15H21ClN2O5S. The van der Waals surface area contributed by atoms with Gasteiger partial charge in [-0.15, -0.1) is 12.4 Å². The van der Waals surface area contributed by atoms with Crippen molar-refractivity contribution in [2.75, 3.05) is 25.7 Å². The molecule has 0 aromatic carbocycles. The van der Waals surface area contributed by atoms with E-state index in [0.717, 1.165) is 0 Å². The van der Waals surface area contributed by atoms with E-state index in [4.69, 9.17) is 5.73 Å². The summed E-state index contributed by atoms with van der Waals surface area (Å²) in [6.45, 7) is 0. The van der Waals surface area contributed by atoms with Crippen molar-refractivity contribution in [1.82, 2.24) is 4.98 Å². The highest BCUT2D eigenvalue weighted by Gasteiger charge is 2.25. The number of Topliss-reactive ketones (excluding diaryl/α,β-unsaturated/α-hetero) is 1. The number of esters is 2. The maximum Gasteiger partial charge on any atom is 0.323 e. The van der Waals surface area contributed by atoms with Crippen LogP contribution in [0.2, 0.25) is 0 Å². The van der Waals surface area contributed by atoms with Crippen molar-refractivity contribution in [3.8, 4) is 0 Å². The van der Waals surface area contributed by atoms with Gasteiger partial charge in [-0.3, -0.25) is 19.4 Å². The number of hydrogen-bond donors (Lipinski definition) is 1.